The molecule has 90 valence electrons. The number of nitrogens with zero attached hydrogens (tertiary/aromatic N) is 2. The van der Waals surface area contributed by atoms with Gasteiger partial charge in [-0.3, -0.25) is 0 Å². The number of sulfonamides is 1. The molecule has 0 bridgehead atoms. The third kappa shape index (κ3) is 2.29. The molecule has 0 aliphatic heterocycles. The third-order valence-corrected chi connectivity index (χ3v) is 3.15. The number of hydrogen-bond acceptors (Lipinski definition) is 4. The molecule has 0 radical (unpaired) electrons. The summed E-state index contributed by atoms with van der Waals surface area (Å²) in [7, 11) is -3.70. The first kappa shape index (κ1) is 11.6. The lowest BCUT2D eigenvalue weighted by atomic mass is 10.3. The highest BCUT2D eigenvalue weighted by atomic mass is 32.2. The van der Waals surface area contributed by atoms with Gasteiger partial charge in [0, 0.05) is 6.07 Å². The Labute approximate surface area is 98.4 Å². The van der Waals surface area contributed by atoms with Crippen molar-refractivity contribution in [2.45, 2.75) is 11.8 Å². The van der Waals surface area contributed by atoms with Gasteiger partial charge in [-0.1, -0.05) is 0 Å². The van der Waals surface area contributed by atoms with Crippen LogP contribution < -0.4 is 5.14 Å². The molecule has 0 fully saturated rings. The van der Waals surface area contributed by atoms with Crippen molar-refractivity contribution in [3.63, 3.8) is 0 Å². The maximum Gasteiger partial charge on any atom is 0.238 e. The number of nitrogens with two attached hydrogens (primary N) is 1. The van der Waals surface area contributed by atoms with Crippen LogP contribution in [-0.2, 0) is 10.0 Å². The zero-order chi connectivity index (χ0) is 12.6. The molecule has 7 heteroatoms. The average molecular weight is 253 g/mol. The summed E-state index contributed by atoms with van der Waals surface area (Å²) in [4.78, 5) is 0.0182. The predicted molar refractivity (Wildman–Crippen MR) is 61.3 cm³/mol. The van der Waals surface area contributed by atoms with Crippen LogP contribution in [0.1, 0.15) is 5.69 Å². The molecule has 1 aromatic heterocycles. The predicted octanol–water partition coefficient (Wildman–Crippen LogP) is 0.534. The standard InChI is InChI=1S/C10H11N3O3S/c1-7-6-10(14)13(12-7)8-2-4-9(5-3-8)17(11,15)16/h2-6,14H,1H3,(H2,11,15,16). The molecule has 0 saturated heterocycles. The molecule has 2 rings (SSSR count). The summed E-state index contributed by atoms with van der Waals surface area (Å²) in [5.41, 5.74) is 1.22. The van der Waals surface area contributed by atoms with Crippen LogP contribution >= 0.6 is 0 Å². The van der Waals surface area contributed by atoms with Gasteiger partial charge in [-0.25, -0.2) is 18.2 Å². The number of rotatable bonds is 2. The third-order valence-electron chi connectivity index (χ3n) is 2.22. The maximum absolute atomic E-state index is 11.1. The Bertz CT molecular complexity index is 644. The smallest absolute Gasteiger partial charge is 0.238 e. The Morgan fingerprint density at radius 2 is 1.88 bits per heavy atom. The maximum atomic E-state index is 11.1. The van der Waals surface area contributed by atoms with Gasteiger partial charge in [0.1, 0.15) is 0 Å². The van der Waals surface area contributed by atoms with E-state index in [0.29, 0.717) is 11.4 Å². The van der Waals surface area contributed by atoms with Gasteiger partial charge < -0.3 is 5.11 Å². The number of aromatic nitrogens is 2. The van der Waals surface area contributed by atoms with Crippen LogP contribution in [0.5, 0.6) is 5.88 Å². The summed E-state index contributed by atoms with van der Waals surface area (Å²) < 4.78 is 23.4. The van der Waals surface area contributed by atoms with Gasteiger partial charge >= 0.3 is 0 Å². The quantitative estimate of drug-likeness (QED) is 0.815. The van der Waals surface area contributed by atoms with Crippen molar-refractivity contribution in [1.29, 1.82) is 0 Å². The Morgan fingerprint density at radius 3 is 2.29 bits per heavy atom. The van der Waals surface area contributed by atoms with E-state index in [-0.39, 0.29) is 10.8 Å². The van der Waals surface area contributed by atoms with Crippen molar-refractivity contribution in [3.05, 3.63) is 36.0 Å². The molecule has 6 nitrogen and oxygen atoms in total. The molecule has 17 heavy (non-hydrogen) atoms. The largest absolute Gasteiger partial charge is 0.493 e. The first-order valence-electron chi connectivity index (χ1n) is 4.77. The summed E-state index contributed by atoms with van der Waals surface area (Å²) in [5.74, 6) is -0.00847. The Morgan fingerprint density at radius 1 is 1.29 bits per heavy atom. The van der Waals surface area contributed by atoms with Crippen molar-refractivity contribution >= 4 is 10.0 Å². The lowest BCUT2D eigenvalue weighted by Crippen LogP contribution is -2.12. The number of primary sulfonamides is 1. The van der Waals surface area contributed by atoms with Crippen molar-refractivity contribution in [1.82, 2.24) is 9.78 Å². The summed E-state index contributed by atoms with van der Waals surface area (Å²) in [5, 5.41) is 18.6. The van der Waals surface area contributed by atoms with Gasteiger partial charge in [-0.2, -0.15) is 5.10 Å². The monoisotopic (exact) mass is 253 g/mol. The highest BCUT2D eigenvalue weighted by Gasteiger charge is 2.09. The SMILES string of the molecule is Cc1cc(O)n(-c2ccc(S(N)(=O)=O)cc2)n1. The van der Waals surface area contributed by atoms with E-state index in [0.717, 1.165) is 0 Å². The zero-order valence-corrected chi connectivity index (χ0v) is 9.85. The Kier molecular flexibility index (Phi) is 2.64. The molecular formula is C10H11N3O3S. The summed E-state index contributed by atoms with van der Waals surface area (Å²) in [6.45, 7) is 1.74. The highest BCUT2D eigenvalue weighted by Crippen LogP contribution is 2.18. The van der Waals surface area contributed by atoms with Gasteiger partial charge in [0.15, 0.2) is 0 Å². The molecule has 3 N–H and O–H groups in total. The fourth-order valence-corrected chi connectivity index (χ4v) is 1.97. The van der Waals surface area contributed by atoms with E-state index in [9.17, 15) is 13.5 Å². The average Bonchev–Trinajstić information content (AvgIpc) is 2.57. The molecule has 0 saturated carbocycles. The van der Waals surface area contributed by atoms with Gasteiger partial charge in [0.2, 0.25) is 15.9 Å². The van der Waals surface area contributed by atoms with E-state index in [1.165, 1.54) is 35.0 Å². The fraction of sp³-hybridized carbons (Fsp3) is 0.100. The summed E-state index contributed by atoms with van der Waals surface area (Å²) >= 11 is 0. The molecule has 1 aromatic carbocycles. The fourth-order valence-electron chi connectivity index (χ4n) is 1.45. The normalized spacial score (nSPS) is 11.6. The van der Waals surface area contributed by atoms with E-state index in [4.69, 9.17) is 5.14 Å². The van der Waals surface area contributed by atoms with E-state index < -0.39 is 10.0 Å². The van der Waals surface area contributed by atoms with E-state index in [1.54, 1.807) is 6.92 Å². The molecule has 0 aliphatic rings. The second-order valence-electron chi connectivity index (χ2n) is 3.59. The minimum absolute atomic E-state index is 0.00847. The van der Waals surface area contributed by atoms with E-state index in [2.05, 4.69) is 5.10 Å². The second-order valence-corrected chi connectivity index (χ2v) is 5.16. The minimum atomic E-state index is -3.70. The second kappa shape index (κ2) is 3.86. The van der Waals surface area contributed by atoms with Crippen LogP contribution in [0.15, 0.2) is 35.2 Å². The summed E-state index contributed by atoms with van der Waals surface area (Å²) in [6, 6.07) is 7.27. The topological polar surface area (TPSA) is 98.2 Å². The van der Waals surface area contributed by atoms with Gasteiger partial charge in [0.25, 0.3) is 0 Å². The molecule has 0 amide bonds. The zero-order valence-electron chi connectivity index (χ0n) is 9.03. The van der Waals surface area contributed by atoms with Crippen molar-refractivity contribution in [3.8, 4) is 11.6 Å². The van der Waals surface area contributed by atoms with Crippen LogP contribution in [0.2, 0.25) is 0 Å². The Hall–Kier alpha value is -1.86. The lowest BCUT2D eigenvalue weighted by molar-refractivity contribution is 0.433. The number of aromatic hydroxyl groups is 1. The minimum Gasteiger partial charge on any atom is -0.493 e. The molecule has 0 atom stereocenters. The number of aryl methyl sites for hydroxylation is 1. The van der Waals surface area contributed by atoms with Crippen molar-refractivity contribution in [2.24, 2.45) is 5.14 Å². The highest BCUT2D eigenvalue weighted by molar-refractivity contribution is 7.89. The van der Waals surface area contributed by atoms with Crippen LogP contribution in [0, 0.1) is 6.92 Å². The summed E-state index contributed by atoms with van der Waals surface area (Å²) in [6.07, 6.45) is 0. The molecule has 0 aliphatic carbocycles. The first-order valence-corrected chi connectivity index (χ1v) is 6.31. The molecule has 2 aromatic rings. The van der Waals surface area contributed by atoms with Gasteiger partial charge in [-0.05, 0) is 31.2 Å². The van der Waals surface area contributed by atoms with E-state index in [1.807, 2.05) is 0 Å². The van der Waals surface area contributed by atoms with Crippen LogP contribution in [0.4, 0.5) is 0 Å². The number of hydrogen-bond donors (Lipinski definition) is 2. The van der Waals surface area contributed by atoms with Gasteiger partial charge in [0.05, 0.1) is 16.3 Å². The van der Waals surface area contributed by atoms with E-state index >= 15 is 0 Å². The van der Waals surface area contributed by atoms with Crippen LogP contribution in [-0.4, -0.2) is 23.3 Å². The first-order chi connectivity index (χ1) is 7.88. The molecule has 0 spiro atoms. The van der Waals surface area contributed by atoms with Crippen molar-refractivity contribution in [2.75, 3.05) is 0 Å². The molecule has 0 unspecified atom stereocenters. The molecular weight excluding hydrogens is 242 g/mol. The molecule has 1 heterocycles. The lowest BCUT2D eigenvalue weighted by Gasteiger charge is -2.03. The van der Waals surface area contributed by atoms with Crippen molar-refractivity contribution < 1.29 is 13.5 Å². The number of benzene rings is 1. The van der Waals surface area contributed by atoms with Gasteiger partial charge in [-0.15, -0.1) is 0 Å². The van der Waals surface area contributed by atoms with Crippen LogP contribution in [0.3, 0.4) is 0 Å². The van der Waals surface area contributed by atoms with Crippen LogP contribution in [0.25, 0.3) is 5.69 Å². The Balaban J connectivity index is 2.46.